The van der Waals surface area contributed by atoms with Crippen LogP contribution in [0.15, 0.2) is 65.8 Å². The van der Waals surface area contributed by atoms with Gasteiger partial charge in [0.15, 0.2) is 17.6 Å². The van der Waals surface area contributed by atoms with Gasteiger partial charge in [0, 0.05) is 5.02 Å². The summed E-state index contributed by atoms with van der Waals surface area (Å²) in [5.41, 5.74) is 3.24. The van der Waals surface area contributed by atoms with Crippen molar-refractivity contribution in [1.82, 2.24) is 5.43 Å². The molecular formula is C24H19Cl3N2O5. The molecule has 0 saturated heterocycles. The van der Waals surface area contributed by atoms with E-state index < -0.39 is 18.0 Å². The predicted molar refractivity (Wildman–Crippen MR) is 132 cm³/mol. The van der Waals surface area contributed by atoms with Gasteiger partial charge in [-0.1, -0.05) is 34.8 Å². The molecule has 0 aromatic heterocycles. The van der Waals surface area contributed by atoms with Crippen LogP contribution in [0.1, 0.15) is 22.8 Å². The first-order chi connectivity index (χ1) is 16.3. The highest BCUT2D eigenvalue weighted by Gasteiger charge is 2.15. The first kappa shape index (κ1) is 25.4. The third-order valence-electron chi connectivity index (χ3n) is 4.43. The molecule has 0 saturated carbocycles. The Labute approximate surface area is 211 Å². The molecule has 3 rings (SSSR count). The van der Waals surface area contributed by atoms with Gasteiger partial charge in [0.25, 0.3) is 5.91 Å². The molecule has 0 aliphatic rings. The lowest BCUT2D eigenvalue weighted by Gasteiger charge is -2.13. The van der Waals surface area contributed by atoms with E-state index in [1.807, 2.05) is 0 Å². The maximum absolute atomic E-state index is 12.4. The normalized spacial score (nSPS) is 11.7. The number of ether oxygens (including phenoxy) is 3. The summed E-state index contributed by atoms with van der Waals surface area (Å²) in [6.45, 7) is 1.60. The van der Waals surface area contributed by atoms with Gasteiger partial charge in [0.1, 0.15) is 5.75 Å². The molecule has 0 spiro atoms. The number of nitrogens with one attached hydrogen (secondary N) is 1. The number of methoxy groups -OCH3 is 1. The lowest BCUT2D eigenvalue weighted by atomic mass is 10.2. The minimum atomic E-state index is -0.781. The van der Waals surface area contributed by atoms with Crippen LogP contribution in [0.4, 0.5) is 0 Å². The number of carbonyl (C=O) groups is 2. The maximum atomic E-state index is 12.4. The highest BCUT2D eigenvalue weighted by atomic mass is 35.5. The number of rotatable bonds is 8. The summed E-state index contributed by atoms with van der Waals surface area (Å²) in [5, 5.41) is 5.07. The van der Waals surface area contributed by atoms with Gasteiger partial charge in [0.2, 0.25) is 0 Å². The molecule has 34 heavy (non-hydrogen) atoms. The van der Waals surface area contributed by atoms with Gasteiger partial charge in [-0.25, -0.2) is 10.2 Å². The summed E-state index contributed by atoms with van der Waals surface area (Å²) in [6.07, 6.45) is 0.635. The zero-order valence-corrected chi connectivity index (χ0v) is 20.3. The standard InChI is InChI=1S/C24H19Cl3N2O5/c1-14(33-18-7-5-17(25)6-8-18)23(30)29-28-13-15-3-10-21(22(11-15)32-2)34-24(31)16-4-9-19(26)20(27)12-16/h3-14H,1-2H3,(H,29,30)/b28-13+. The number of esters is 1. The van der Waals surface area contributed by atoms with Crippen LogP contribution in [-0.4, -0.2) is 31.3 Å². The van der Waals surface area contributed by atoms with Crippen molar-refractivity contribution >= 4 is 52.9 Å². The highest BCUT2D eigenvalue weighted by molar-refractivity contribution is 6.42. The Kier molecular flexibility index (Phi) is 8.76. The molecule has 0 heterocycles. The molecule has 1 amide bonds. The molecule has 0 fully saturated rings. The third kappa shape index (κ3) is 6.87. The van der Waals surface area contributed by atoms with Crippen molar-refractivity contribution in [1.29, 1.82) is 0 Å². The lowest BCUT2D eigenvalue weighted by molar-refractivity contribution is -0.127. The van der Waals surface area contributed by atoms with Crippen molar-refractivity contribution in [2.75, 3.05) is 7.11 Å². The minimum Gasteiger partial charge on any atom is -0.493 e. The fourth-order valence-electron chi connectivity index (χ4n) is 2.66. The summed E-state index contributed by atoms with van der Waals surface area (Å²) in [5.74, 6) is -0.0646. The van der Waals surface area contributed by atoms with Gasteiger partial charge in [-0.15, -0.1) is 0 Å². The number of carbonyl (C=O) groups excluding carboxylic acids is 2. The summed E-state index contributed by atoms with van der Waals surface area (Å²) >= 11 is 17.7. The van der Waals surface area contributed by atoms with E-state index in [4.69, 9.17) is 49.0 Å². The average Bonchev–Trinajstić information content (AvgIpc) is 2.82. The molecule has 3 aromatic carbocycles. The van der Waals surface area contributed by atoms with Crippen LogP contribution in [-0.2, 0) is 4.79 Å². The second kappa shape index (κ2) is 11.7. The SMILES string of the molecule is COc1cc(/C=N/NC(=O)C(C)Oc2ccc(Cl)cc2)ccc1OC(=O)c1ccc(Cl)c(Cl)c1. The first-order valence-corrected chi connectivity index (χ1v) is 11.0. The van der Waals surface area contributed by atoms with E-state index in [2.05, 4.69) is 10.5 Å². The second-order valence-corrected chi connectivity index (χ2v) is 8.13. The predicted octanol–water partition coefficient (Wildman–Crippen LogP) is 5.79. The molecule has 0 aliphatic heterocycles. The van der Waals surface area contributed by atoms with E-state index in [9.17, 15) is 9.59 Å². The molecule has 0 radical (unpaired) electrons. The quantitative estimate of drug-likeness (QED) is 0.175. The van der Waals surface area contributed by atoms with Gasteiger partial charge >= 0.3 is 5.97 Å². The van der Waals surface area contributed by atoms with Crippen molar-refractivity contribution < 1.29 is 23.8 Å². The first-order valence-electron chi connectivity index (χ1n) is 9.87. The molecule has 176 valence electrons. The second-order valence-electron chi connectivity index (χ2n) is 6.88. The number of halogens is 3. The number of benzene rings is 3. The number of nitrogens with zero attached hydrogens (tertiary/aromatic N) is 1. The zero-order valence-electron chi connectivity index (χ0n) is 18.1. The molecule has 3 aromatic rings. The molecule has 0 bridgehead atoms. The Morgan fingerprint density at radius 1 is 0.941 bits per heavy atom. The van der Waals surface area contributed by atoms with E-state index in [-0.39, 0.29) is 16.3 Å². The molecule has 1 atom stereocenters. The van der Waals surface area contributed by atoms with Crippen molar-refractivity contribution in [2.45, 2.75) is 13.0 Å². The Morgan fingerprint density at radius 3 is 2.35 bits per heavy atom. The Bertz CT molecular complexity index is 1220. The van der Waals surface area contributed by atoms with Crippen LogP contribution in [0.25, 0.3) is 0 Å². The number of hydrogen-bond acceptors (Lipinski definition) is 6. The van der Waals surface area contributed by atoms with E-state index in [0.29, 0.717) is 27.1 Å². The minimum absolute atomic E-state index is 0.199. The summed E-state index contributed by atoms with van der Waals surface area (Å²) < 4.78 is 16.3. The lowest BCUT2D eigenvalue weighted by Crippen LogP contribution is -2.33. The monoisotopic (exact) mass is 520 g/mol. The third-order valence-corrected chi connectivity index (χ3v) is 5.42. The smallest absolute Gasteiger partial charge is 0.343 e. The van der Waals surface area contributed by atoms with Gasteiger partial charge in [-0.05, 0) is 73.2 Å². The number of hydrazone groups is 1. The Balaban J connectivity index is 1.60. The molecule has 10 heteroatoms. The van der Waals surface area contributed by atoms with Crippen molar-refractivity contribution in [3.8, 4) is 17.2 Å². The van der Waals surface area contributed by atoms with Gasteiger partial charge < -0.3 is 14.2 Å². The van der Waals surface area contributed by atoms with Crippen LogP contribution < -0.4 is 19.6 Å². The van der Waals surface area contributed by atoms with E-state index >= 15 is 0 Å². The Morgan fingerprint density at radius 2 is 1.68 bits per heavy atom. The van der Waals surface area contributed by atoms with Gasteiger partial charge in [-0.3, -0.25) is 4.79 Å². The summed E-state index contributed by atoms with van der Waals surface area (Å²) in [6, 6.07) is 15.9. The number of hydrogen-bond donors (Lipinski definition) is 1. The van der Waals surface area contributed by atoms with Crippen molar-refractivity contribution in [3.63, 3.8) is 0 Å². The average molecular weight is 522 g/mol. The Hall–Kier alpha value is -3.26. The van der Waals surface area contributed by atoms with Crippen LogP contribution in [0.2, 0.25) is 15.1 Å². The van der Waals surface area contributed by atoms with E-state index in [1.165, 1.54) is 31.5 Å². The molecular weight excluding hydrogens is 503 g/mol. The van der Waals surface area contributed by atoms with Crippen LogP contribution in [0.5, 0.6) is 17.2 Å². The molecule has 7 nitrogen and oxygen atoms in total. The molecule has 0 aliphatic carbocycles. The van der Waals surface area contributed by atoms with Crippen LogP contribution >= 0.6 is 34.8 Å². The molecule has 1 N–H and O–H groups in total. The fraction of sp³-hybridized carbons (Fsp3) is 0.125. The highest BCUT2D eigenvalue weighted by Crippen LogP contribution is 2.29. The van der Waals surface area contributed by atoms with E-state index in [1.54, 1.807) is 49.4 Å². The van der Waals surface area contributed by atoms with Crippen LogP contribution in [0, 0.1) is 0 Å². The summed E-state index contributed by atoms with van der Waals surface area (Å²) in [4.78, 5) is 24.6. The zero-order chi connectivity index (χ0) is 24.7. The number of amides is 1. The van der Waals surface area contributed by atoms with Crippen LogP contribution in [0.3, 0.4) is 0 Å². The van der Waals surface area contributed by atoms with Crippen molar-refractivity contribution in [2.24, 2.45) is 5.10 Å². The molecule has 1 unspecified atom stereocenters. The summed E-state index contributed by atoms with van der Waals surface area (Å²) in [7, 11) is 1.43. The van der Waals surface area contributed by atoms with Crippen molar-refractivity contribution in [3.05, 3.63) is 86.9 Å². The van der Waals surface area contributed by atoms with Gasteiger partial charge in [0.05, 0.1) is 28.9 Å². The topological polar surface area (TPSA) is 86.2 Å². The van der Waals surface area contributed by atoms with Gasteiger partial charge in [-0.2, -0.15) is 5.10 Å². The maximum Gasteiger partial charge on any atom is 0.343 e. The fourth-order valence-corrected chi connectivity index (χ4v) is 3.09. The van der Waals surface area contributed by atoms with E-state index in [0.717, 1.165) is 0 Å². The largest absolute Gasteiger partial charge is 0.493 e.